The van der Waals surface area contributed by atoms with Crippen LogP contribution in [0.5, 0.6) is 0 Å². The summed E-state index contributed by atoms with van der Waals surface area (Å²) in [5.41, 5.74) is 8.16. The lowest BCUT2D eigenvalue weighted by Crippen LogP contribution is -2.28. The first-order chi connectivity index (χ1) is 10.5. The van der Waals surface area contributed by atoms with Gasteiger partial charge in [-0.1, -0.05) is 26.0 Å². The molecule has 0 saturated heterocycles. The molecular formula is C13H18N4O4S. The number of hydrogen-bond donors (Lipinski definition) is 0. The zero-order valence-corrected chi connectivity index (χ0v) is 13.3. The second-order valence-corrected chi connectivity index (χ2v) is 5.86. The molecule has 0 unspecified atom stereocenters. The Morgan fingerprint density at radius 1 is 1.32 bits per heavy atom. The molecule has 8 nitrogen and oxygen atoms in total. The van der Waals surface area contributed by atoms with Gasteiger partial charge in [0.15, 0.2) is 0 Å². The second kappa shape index (κ2) is 8.38. The molecule has 0 N–H and O–H groups in total. The Morgan fingerprint density at radius 3 is 2.55 bits per heavy atom. The van der Waals surface area contributed by atoms with Gasteiger partial charge in [-0.15, -0.1) is 0 Å². The topological polar surface area (TPSA) is 112 Å². The second-order valence-electron chi connectivity index (χ2n) is 4.31. The highest BCUT2D eigenvalue weighted by Crippen LogP contribution is 2.19. The first-order valence-corrected chi connectivity index (χ1v) is 8.20. The van der Waals surface area contributed by atoms with Crippen LogP contribution in [-0.4, -0.2) is 45.5 Å². The molecule has 22 heavy (non-hydrogen) atoms. The normalized spacial score (nSPS) is 11.0. The van der Waals surface area contributed by atoms with Gasteiger partial charge in [-0.05, 0) is 30.8 Å². The van der Waals surface area contributed by atoms with E-state index in [0.29, 0.717) is 6.54 Å². The number of benzene rings is 1. The molecule has 0 spiro atoms. The van der Waals surface area contributed by atoms with Crippen molar-refractivity contribution in [2.24, 2.45) is 4.52 Å². The van der Waals surface area contributed by atoms with E-state index in [1.165, 1.54) is 24.3 Å². The molecule has 0 aliphatic carbocycles. The van der Waals surface area contributed by atoms with E-state index in [2.05, 4.69) is 14.3 Å². The molecule has 0 radical (unpaired) electrons. The average Bonchev–Trinajstić information content (AvgIpc) is 2.51. The van der Waals surface area contributed by atoms with Gasteiger partial charge in [-0.2, -0.15) is 0 Å². The lowest BCUT2D eigenvalue weighted by molar-refractivity contribution is 0.0462. The van der Waals surface area contributed by atoms with E-state index in [4.69, 9.17) is 10.3 Å². The van der Waals surface area contributed by atoms with Crippen LogP contribution in [0, 0.1) is 0 Å². The summed E-state index contributed by atoms with van der Waals surface area (Å²) < 4.78 is 31.4. The van der Waals surface area contributed by atoms with Crippen LogP contribution in [0.1, 0.15) is 24.2 Å². The molecule has 0 saturated carbocycles. The molecule has 0 bridgehead atoms. The van der Waals surface area contributed by atoms with Crippen LogP contribution in [0.25, 0.3) is 10.4 Å². The van der Waals surface area contributed by atoms with Crippen LogP contribution in [0.3, 0.4) is 0 Å². The van der Waals surface area contributed by atoms with Crippen molar-refractivity contribution in [1.29, 1.82) is 0 Å². The van der Waals surface area contributed by atoms with Gasteiger partial charge in [0.25, 0.3) is 10.0 Å². The molecule has 0 amide bonds. The van der Waals surface area contributed by atoms with E-state index in [0.717, 1.165) is 13.1 Å². The first-order valence-electron chi connectivity index (χ1n) is 6.76. The summed E-state index contributed by atoms with van der Waals surface area (Å²) in [6.07, 6.45) is 0. The van der Waals surface area contributed by atoms with Crippen LogP contribution in [-0.2, 0) is 14.8 Å². The number of rotatable bonds is 8. The number of azide groups is 1. The van der Waals surface area contributed by atoms with Gasteiger partial charge in [0, 0.05) is 16.0 Å². The van der Waals surface area contributed by atoms with Gasteiger partial charge in [-0.3, -0.25) is 0 Å². The fraction of sp³-hybridized carbons (Fsp3) is 0.462. The molecule has 1 rings (SSSR count). The van der Waals surface area contributed by atoms with Crippen molar-refractivity contribution in [1.82, 2.24) is 4.90 Å². The highest BCUT2D eigenvalue weighted by atomic mass is 32.2. The van der Waals surface area contributed by atoms with Crippen molar-refractivity contribution < 1.29 is 17.9 Å². The third-order valence-corrected chi connectivity index (χ3v) is 4.26. The predicted octanol–water partition coefficient (Wildman–Crippen LogP) is 2.18. The molecule has 9 heteroatoms. The molecular weight excluding hydrogens is 308 g/mol. The summed E-state index contributed by atoms with van der Waals surface area (Å²) in [4.78, 5) is 16.0. The average molecular weight is 326 g/mol. The van der Waals surface area contributed by atoms with E-state index in [1.807, 2.05) is 13.8 Å². The van der Waals surface area contributed by atoms with Gasteiger partial charge in [0.1, 0.15) is 6.61 Å². The van der Waals surface area contributed by atoms with E-state index in [9.17, 15) is 13.2 Å². The molecule has 1 aromatic rings. The quantitative estimate of drug-likeness (QED) is 0.314. The van der Waals surface area contributed by atoms with E-state index in [1.54, 1.807) is 0 Å². The molecule has 0 fully saturated rings. The molecule has 1 aromatic carbocycles. The fourth-order valence-corrected chi connectivity index (χ4v) is 2.70. The monoisotopic (exact) mass is 326 g/mol. The van der Waals surface area contributed by atoms with Crippen molar-refractivity contribution in [3.63, 3.8) is 0 Å². The molecule has 0 heterocycles. The minimum atomic E-state index is -4.24. The highest BCUT2D eigenvalue weighted by Gasteiger charge is 2.22. The molecule has 0 atom stereocenters. The number of ether oxygens (including phenoxy) is 1. The summed E-state index contributed by atoms with van der Waals surface area (Å²) >= 11 is 0. The zero-order valence-electron chi connectivity index (χ0n) is 12.5. The van der Waals surface area contributed by atoms with Crippen LogP contribution >= 0.6 is 0 Å². The fourth-order valence-electron chi connectivity index (χ4n) is 1.84. The number of hydrogen-bond acceptors (Lipinski definition) is 5. The van der Waals surface area contributed by atoms with Crippen LogP contribution in [0.15, 0.2) is 33.7 Å². The Bertz CT molecular complexity index is 664. The number of nitrogens with zero attached hydrogens (tertiary/aromatic N) is 4. The van der Waals surface area contributed by atoms with Gasteiger partial charge in [0.2, 0.25) is 0 Å². The third-order valence-electron chi connectivity index (χ3n) is 3.06. The number of sulfonamides is 1. The molecule has 120 valence electrons. The number of esters is 1. The summed E-state index contributed by atoms with van der Waals surface area (Å²) in [6.45, 7) is 6.35. The van der Waals surface area contributed by atoms with Crippen molar-refractivity contribution >= 4 is 16.0 Å². The van der Waals surface area contributed by atoms with Crippen molar-refractivity contribution in [2.45, 2.75) is 18.7 Å². The molecule has 0 aromatic heterocycles. The Balaban J connectivity index is 2.89. The molecule has 0 aliphatic rings. The zero-order chi connectivity index (χ0) is 16.6. The number of carbonyl (C=O) groups excluding carboxylic acids is 1. The van der Waals surface area contributed by atoms with Gasteiger partial charge < -0.3 is 9.64 Å². The van der Waals surface area contributed by atoms with Crippen LogP contribution < -0.4 is 0 Å². The number of carbonyl (C=O) groups is 1. The van der Waals surface area contributed by atoms with Crippen molar-refractivity contribution in [2.75, 3.05) is 26.2 Å². The summed E-state index contributed by atoms with van der Waals surface area (Å²) in [5.74, 6) is -0.764. The van der Waals surface area contributed by atoms with E-state index < -0.39 is 16.0 Å². The lowest BCUT2D eigenvalue weighted by Gasteiger charge is -2.17. The first kappa shape index (κ1) is 18.0. The van der Waals surface area contributed by atoms with E-state index in [-0.39, 0.29) is 17.1 Å². The maximum atomic E-state index is 12.0. The van der Waals surface area contributed by atoms with Crippen molar-refractivity contribution in [3.8, 4) is 0 Å². The summed E-state index contributed by atoms with van der Waals surface area (Å²) in [6, 6.07) is 5.47. The minimum Gasteiger partial charge on any atom is -0.461 e. The van der Waals surface area contributed by atoms with Gasteiger partial charge in [-0.25, -0.2) is 13.2 Å². The predicted molar refractivity (Wildman–Crippen MR) is 80.8 cm³/mol. The molecule has 0 aliphatic heterocycles. The minimum absolute atomic E-state index is 0.144. The Labute approximate surface area is 129 Å². The standard InChI is InChI=1S/C13H18N4O4S/c1-3-17(4-2)9-10-21-13(18)11-7-5-6-8-12(11)22(19,20)16-15-14/h5-8H,3-4,9-10H2,1-2H3. The number of likely N-dealkylation sites (N-methyl/N-ethyl adjacent to an activating group) is 1. The highest BCUT2D eigenvalue weighted by molar-refractivity contribution is 7.90. The third kappa shape index (κ3) is 4.73. The van der Waals surface area contributed by atoms with Gasteiger partial charge in [0.05, 0.1) is 10.5 Å². The Kier molecular flexibility index (Phi) is 6.84. The Hall–Kier alpha value is -2.09. The maximum absolute atomic E-state index is 12.0. The van der Waals surface area contributed by atoms with Crippen LogP contribution in [0.2, 0.25) is 0 Å². The van der Waals surface area contributed by atoms with E-state index >= 15 is 0 Å². The van der Waals surface area contributed by atoms with Crippen LogP contribution in [0.4, 0.5) is 0 Å². The largest absolute Gasteiger partial charge is 0.461 e. The Morgan fingerprint density at radius 2 is 1.95 bits per heavy atom. The maximum Gasteiger partial charge on any atom is 0.339 e. The lowest BCUT2D eigenvalue weighted by atomic mass is 10.2. The van der Waals surface area contributed by atoms with Crippen molar-refractivity contribution in [3.05, 3.63) is 40.3 Å². The smallest absolute Gasteiger partial charge is 0.339 e. The van der Waals surface area contributed by atoms with Gasteiger partial charge >= 0.3 is 5.97 Å². The summed E-state index contributed by atoms with van der Waals surface area (Å²) in [5, 5.41) is 0. The SMILES string of the molecule is CCN(CC)CCOC(=O)c1ccccc1S(=O)(=O)N=[N+]=[N-]. The summed E-state index contributed by atoms with van der Waals surface area (Å²) in [7, 11) is -4.24.